The molecule has 21 heavy (non-hydrogen) atoms. The largest absolute Gasteiger partial charge is 0.364 e. The van der Waals surface area contributed by atoms with E-state index in [0.29, 0.717) is 6.61 Å². The standard InChI is InChI=1S/C17H22N2O2/c1-2-3-6-11-21-16(17(20)19-18)15-10-9-13-7-4-5-8-14(13)12-15/h4-5,7-10,12,16H,2-3,6,11,18H2,1H3,(H,19,20). The number of unbranched alkanes of at least 4 members (excludes halogenated alkanes) is 2. The fourth-order valence-electron chi connectivity index (χ4n) is 2.32. The molecular formula is C17H22N2O2. The zero-order valence-corrected chi connectivity index (χ0v) is 12.3. The summed E-state index contributed by atoms with van der Waals surface area (Å²) in [6, 6.07) is 13.9. The van der Waals surface area contributed by atoms with Gasteiger partial charge in [-0.3, -0.25) is 10.2 Å². The van der Waals surface area contributed by atoms with Crippen LogP contribution in [0.5, 0.6) is 0 Å². The van der Waals surface area contributed by atoms with Crippen molar-refractivity contribution in [2.45, 2.75) is 32.3 Å². The first-order valence-corrected chi connectivity index (χ1v) is 7.37. The van der Waals surface area contributed by atoms with Crippen molar-refractivity contribution in [3.63, 3.8) is 0 Å². The summed E-state index contributed by atoms with van der Waals surface area (Å²) in [5.41, 5.74) is 3.02. The van der Waals surface area contributed by atoms with Crippen LogP contribution >= 0.6 is 0 Å². The summed E-state index contributed by atoms with van der Waals surface area (Å²) in [5, 5.41) is 2.22. The van der Waals surface area contributed by atoms with Crippen molar-refractivity contribution >= 4 is 16.7 Å². The molecule has 0 aliphatic carbocycles. The summed E-state index contributed by atoms with van der Waals surface area (Å²) in [6.07, 6.45) is 2.50. The van der Waals surface area contributed by atoms with E-state index in [-0.39, 0.29) is 5.91 Å². The third-order valence-corrected chi connectivity index (χ3v) is 3.49. The molecule has 2 aromatic rings. The number of fused-ring (bicyclic) bond motifs is 1. The maximum Gasteiger partial charge on any atom is 0.267 e. The van der Waals surface area contributed by atoms with Crippen LogP contribution in [0.1, 0.15) is 37.9 Å². The summed E-state index contributed by atoms with van der Waals surface area (Å²) in [4.78, 5) is 12.0. The number of benzene rings is 2. The Balaban J connectivity index is 2.19. The highest BCUT2D eigenvalue weighted by Crippen LogP contribution is 2.23. The number of ether oxygens (including phenoxy) is 1. The van der Waals surface area contributed by atoms with E-state index >= 15 is 0 Å². The molecule has 1 atom stereocenters. The van der Waals surface area contributed by atoms with E-state index in [1.54, 1.807) is 0 Å². The van der Waals surface area contributed by atoms with Crippen LogP contribution in [-0.4, -0.2) is 12.5 Å². The molecule has 0 aliphatic heterocycles. The molecule has 4 heteroatoms. The number of rotatable bonds is 7. The van der Waals surface area contributed by atoms with Crippen molar-refractivity contribution < 1.29 is 9.53 Å². The molecule has 1 unspecified atom stereocenters. The predicted octanol–water partition coefficient (Wildman–Crippen LogP) is 3.08. The number of hydrogen-bond donors (Lipinski definition) is 2. The van der Waals surface area contributed by atoms with Gasteiger partial charge in [0.15, 0.2) is 6.10 Å². The lowest BCUT2D eigenvalue weighted by Crippen LogP contribution is -2.36. The number of nitrogens with two attached hydrogens (primary N) is 1. The smallest absolute Gasteiger partial charge is 0.267 e. The highest BCUT2D eigenvalue weighted by molar-refractivity contribution is 5.86. The number of carbonyl (C=O) groups excluding carboxylic acids is 1. The fraction of sp³-hybridized carbons (Fsp3) is 0.353. The molecule has 0 spiro atoms. The van der Waals surface area contributed by atoms with Crippen molar-refractivity contribution in [2.75, 3.05) is 6.61 Å². The lowest BCUT2D eigenvalue weighted by atomic mass is 10.0. The molecule has 2 aromatic carbocycles. The molecule has 0 aliphatic rings. The van der Waals surface area contributed by atoms with Gasteiger partial charge in [-0.25, -0.2) is 5.84 Å². The number of nitrogens with one attached hydrogen (secondary N) is 1. The molecular weight excluding hydrogens is 264 g/mol. The second kappa shape index (κ2) is 7.76. The van der Waals surface area contributed by atoms with Crippen molar-refractivity contribution in [1.29, 1.82) is 0 Å². The molecule has 0 aromatic heterocycles. The third kappa shape index (κ3) is 4.03. The summed E-state index contributed by atoms with van der Waals surface area (Å²) >= 11 is 0. The van der Waals surface area contributed by atoms with Crippen LogP contribution in [0.25, 0.3) is 10.8 Å². The van der Waals surface area contributed by atoms with E-state index < -0.39 is 6.10 Å². The first-order chi connectivity index (χ1) is 10.3. The Bertz CT molecular complexity index is 598. The second-order valence-corrected chi connectivity index (χ2v) is 5.07. The SMILES string of the molecule is CCCCCOC(C(=O)NN)c1ccc2ccccc2c1. The number of hydrazine groups is 1. The van der Waals surface area contributed by atoms with Gasteiger partial charge in [0.05, 0.1) is 0 Å². The van der Waals surface area contributed by atoms with Gasteiger partial charge in [-0.15, -0.1) is 0 Å². The molecule has 3 N–H and O–H groups in total. The van der Waals surface area contributed by atoms with Crippen molar-refractivity contribution in [1.82, 2.24) is 5.43 Å². The predicted molar refractivity (Wildman–Crippen MR) is 84.5 cm³/mol. The van der Waals surface area contributed by atoms with Crippen LogP contribution in [0.15, 0.2) is 42.5 Å². The maximum atomic E-state index is 12.0. The number of carbonyl (C=O) groups is 1. The summed E-state index contributed by atoms with van der Waals surface area (Å²) in [7, 11) is 0. The number of amides is 1. The highest BCUT2D eigenvalue weighted by atomic mass is 16.5. The molecule has 0 saturated carbocycles. The molecule has 0 radical (unpaired) electrons. The van der Waals surface area contributed by atoms with Crippen LogP contribution in [0.3, 0.4) is 0 Å². The van der Waals surface area contributed by atoms with E-state index in [1.807, 2.05) is 42.5 Å². The summed E-state index contributed by atoms with van der Waals surface area (Å²) in [5.74, 6) is 4.96. The van der Waals surface area contributed by atoms with Gasteiger partial charge in [-0.05, 0) is 28.8 Å². The maximum absolute atomic E-state index is 12.0. The minimum atomic E-state index is -0.656. The zero-order valence-electron chi connectivity index (χ0n) is 12.3. The average Bonchev–Trinajstić information content (AvgIpc) is 2.54. The molecule has 112 valence electrons. The molecule has 0 fully saturated rings. The average molecular weight is 286 g/mol. The van der Waals surface area contributed by atoms with E-state index in [9.17, 15) is 4.79 Å². The molecule has 0 heterocycles. The lowest BCUT2D eigenvalue weighted by Gasteiger charge is -2.17. The van der Waals surface area contributed by atoms with Crippen molar-refractivity contribution in [3.8, 4) is 0 Å². The monoisotopic (exact) mass is 286 g/mol. The first kappa shape index (κ1) is 15.5. The Hall–Kier alpha value is -1.91. The summed E-state index contributed by atoms with van der Waals surface area (Å²) in [6.45, 7) is 2.69. The van der Waals surface area contributed by atoms with Crippen LogP contribution in [-0.2, 0) is 9.53 Å². The van der Waals surface area contributed by atoms with Gasteiger partial charge in [0.25, 0.3) is 5.91 Å². The topological polar surface area (TPSA) is 64.3 Å². The summed E-state index contributed by atoms with van der Waals surface area (Å²) < 4.78 is 5.74. The van der Waals surface area contributed by atoms with Crippen LogP contribution in [0.4, 0.5) is 0 Å². The third-order valence-electron chi connectivity index (χ3n) is 3.49. The minimum absolute atomic E-state index is 0.318. The highest BCUT2D eigenvalue weighted by Gasteiger charge is 2.20. The van der Waals surface area contributed by atoms with E-state index in [4.69, 9.17) is 10.6 Å². The molecule has 2 rings (SSSR count). The van der Waals surface area contributed by atoms with Gasteiger partial charge >= 0.3 is 0 Å². The van der Waals surface area contributed by atoms with Gasteiger partial charge in [0.2, 0.25) is 0 Å². The quantitative estimate of drug-likeness (QED) is 0.356. The van der Waals surface area contributed by atoms with E-state index in [2.05, 4.69) is 12.3 Å². The van der Waals surface area contributed by atoms with Crippen molar-refractivity contribution in [2.24, 2.45) is 5.84 Å². The van der Waals surface area contributed by atoms with E-state index in [0.717, 1.165) is 35.6 Å². The molecule has 4 nitrogen and oxygen atoms in total. The second-order valence-electron chi connectivity index (χ2n) is 5.07. The lowest BCUT2D eigenvalue weighted by molar-refractivity contribution is -0.133. The molecule has 1 amide bonds. The Morgan fingerprint density at radius 2 is 1.95 bits per heavy atom. The Kier molecular flexibility index (Phi) is 5.72. The molecule has 0 bridgehead atoms. The minimum Gasteiger partial charge on any atom is -0.364 e. The zero-order chi connectivity index (χ0) is 15.1. The first-order valence-electron chi connectivity index (χ1n) is 7.37. The number of hydrogen-bond acceptors (Lipinski definition) is 3. The van der Waals surface area contributed by atoms with Gasteiger partial charge in [0.1, 0.15) is 0 Å². The fourth-order valence-corrected chi connectivity index (χ4v) is 2.32. The van der Waals surface area contributed by atoms with Crippen molar-refractivity contribution in [3.05, 3.63) is 48.0 Å². The Labute approximate surface area is 125 Å². The van der Waals surface area contributed by atoms with E-state index in [1.165, 1.54) is 0 Å². The molecule has 0 saturated heterocycles. The van der Waals surface area contributed by atoms with Gasteiger partial charge < -0.3 is 4.74 Å². The van der Waals surface area contributed by atoms with Gasteiger partial charge in [-0.1, -0.05) is 56.2 Å². The van der Waals surface area contributed by atoms with Gasteiger partial charge in [0, 0.05) is 6.61 Å². The normalized spacial score (nSPS) is 12.3. The van der Waals surface area contributed by atoms with Crippen LogP contribution in [0, 0.1) is 0 Å². The Morgan fingerprint density at radius 3 is 2.67 bits per heavy atom. The van der Waals surface area contributed by atoms with Crippen LogP contribution in [0.2, 0.25) is 0 Å². The van der Waals surface area contributed by atoms with Gasteiger partial charge in [-0.2, -0.15) is 0 Å². The van der Waals surface area contributed by atoms with Crippen LogP contribution < -0.4 is 11.3 Å². The Morgan fingerprint density at radius 1 is 1.19 bits per heavy atom.